The Morgan fingerprint density at radius 2 is 2.07 bits per heavy atom. The molecule has 1 heterocycles. The summed E-state index contributed by atoms with van der Waals surface area (Å²) < 4.78 is 40.6. The van der Waals surface area contributed by atoms with Crippen molar-refractivity contribution >= 4 is 5.91 Å². The van der Waals surface area contributed by atoms with E-state index in [1.807, 2.05) is 5.32 Å². The fourth-order valence-electron chi connectivity index (χ4n) is 1.50. The van der Waals surface area contributed by atoms with Gasteiger partial charge in [0.25, 0.3) is 0 Å². The summed E-state index contributed by atoms with van der Waals surface area (Å²) in [5.41, 5.74) is 0. The summed E-state index contributed by atoms with van der Waals surface area (Å²) in [6.07, 6.45) is -6.13. The maximum Gasteiger partial charge on any atom is 0.471 e. The van der Waals surface area contributed by atoms with E-state index in [-0.39, 0.29) is 18.9 Å². The van der Waals surface area contributed by atoms with Gasteiger partial charge in [-0.1, -0.05) is 0 Å². The number of alkyl halides is 3. The third-order valence-corrected chi connectivity index (χ3v) is 2.08. The highest BCUT2D eigenvalue weighted by molar-refractivity contribution is 5.81. The Morgan fingerprint density at radius 1 is 1.47 bits per heavy atom. The SMILES string of the molecule is C[C@H]1C[C@@H](NC(=O)C(F)(F)F)C[C@H](O)O1. The van der Waals surface area contributed by atoms with Crippen LogP contribution in [0.25, 0.3) is 0 Å². The zero-order valence-electron chi connectivity index (χ0n) is 8.04. The maximum absolute atomic E-state index is 11.9. The minimum absolute atomic E-state index is 0.0217. The van der Waals surface area contributed by atoms with Crippen molar-refractivity contribution in [2.45, 2.75) is 44.4 Å². The van der Waals surface area contributed by atoms with Crippen molar-refractivity contribution in [2.75, 3.05) is 0 Å². The van der Waals surface area contributed by atoms with Crippen molar-refractivity contribution < 1.29 is 27.8 Å². The van der Waals surface area contributed by atoms with Gasteiger partial charge in [-0.2, -0.15) is 13.2 Å². The molecule has 0 unspecified atom stereocenters. The van der Waals surface area contributed by atoms with Crippen LogP contribution >= 0.6 is 0 Å². The van der Waals surface area contributed by atoms with Gasteiger partial charge in [0.15, 0.2) is 6.29 Å². The number of hydrogen-bond acceptors (Lipinski definition) is 3. The molecule has 1 saturated heterocycles. The Balaban J connectivity index is 2.48. The van der Waals surface area contributed by atoms with Gasteiger partial charge in [0.2, 0.25) is 0 Å². The van der Waals surface area contributed by atoms with Gasteiger partial charge in [0.05, 0.1) is 6.10 Å². The van der Waals surface area contributed by atoms with Crippen molar-refractivity contribution in [1.29, 1.82) is 0 Å². The van der Waals surface area contributed by atoms with E-state index in [1.54, 1.807) is 6.92 Å². The first-order valence-electron chi connectivity index (χ1n) is 4.50. The van der Waals surface area contributed by atoms with Crippen LogP contribution in [0.1, 0.15) is 19.8 Å². The molecule has 88 valence electrons. The zero-order chi connectivity index (χ0) is 11.6. The van der Waals surface area contributed by atoms with E-state index in [0.29, 0.717) is 0 Å². The summed E-state index contributed by atoms with van der Waals surface area (Å²) in [4.78, 5) is 10.6. The lowest BCUT2D eigenvalue weighted by atomic mass is 10.0. The van der Waals surface area contributed by atoms with E-state index in [9.17, 15) is 18.0 Å². The minimum Gasteiger partial charge on any atom is -0.368 e. The van der Waals surface area contributed by atoms with Gasteiger partial charge in [-0.3, -0.25) is 4.79 Å². The number of halogens is 3. The summed E-state index contributed by atoms with van der Waals surface area (Å²) in [6, 6.07) is -0.696. The summed E-state index contributed by atoms with van der Waals surface area (Å²) in [7, 11) is 0. The Hall–Kier alpha value is -0.820. The third kappa shape index (κ3) is 3.67. The van der Waals surface area contributed by atoms with Gasteiger partial charge in [-0.25, -0.2) is 0 Å². The van der Waals surface area contributed by atoms with E-state index >= 15 is 0 Å². The molecule has 2 N–H and O–H groups in total. The second-order valence-electron chi connectivity index (χ2n) is 3.54. The molecule has 7 heteroatoms. The second kappa shape index (κ2) is 4.36. The first kappa shape index (κ1) is 12.3. The molecule has 4 nitrogen and oxygen atoms in total. The Kier molecular flexibility index (Phi) is 3.56. The Morgan fingerprint density at radius 3 is 2.53 bits per heavy atom. The van der Waals surface area contributed by atoms with Crippen LogP contribution in [0, 0.1) is 0 Å². The number of aliphatic hydroxyl groups is 1. The van der Waals surface area contributed by atoms with Gasteiger partial charge in [-0.15, -0.1) is 0 Å². The minimum atomic E-state index is -4.88. The van der Waals surface area contributed by atoms with Crippen LogP contribution in [0.15, 0.2) is 0 Å². The topological polar surface area (TPSA) is 58.6 Å². The number of carbonyl (C=O) groups excluding carboxylic acids is 1. The fourth-order valence-corrected chi connectivity index (χ4v) is 1.50. The summed E-state index contributed by atoms with van der Waals surface area (Å²) >= 11 is 0. The van der Waals surface area contributed by atoms with Crippen LogP contribution in [0.2, 0.25) is 0 Å². The zero-order valence-corrected chi connectivity index (χ0v) is 8.04. The van der Waals surface area contributed by atoms with Gasteiger partial charge in [0.1, 0.15) is 0 Å². The molecule has 0 bridgehead atoms. The van der Waals surface area contributed by atoms with Crippen LogP contribution in [0.3, 0.4) is 0 Å². The van der Waals surface area contributed by atoms with E-state index in [2.05, 4.69) is 0 Å². The first-order valence-corrected chi connectivity index (χ1v) is 4.50. The molecular formula is C8H12F3NO3. The van der Waals surface area contributed by atoms with Crippen molar-refractivity contribution in [3.05, 3.63) is 0 Å². The van der Waals surface area contributed by atoms with E-state index in [0.717, 1.165) is 0 Å². The summed E-state index contributed by atoms with van der Waals surface area (Å²) in [6.45, 7) is 1.62. The van der Waals surface area contributed by atoms with Gasteiger partial charge >= 0.3 is 12.1 Å². The number of carbonyl (C=O) groups is 1. The molecule has 0 aromatic rings. The molecule has 0 aliphatic carbocycles. The highest BCUT2D eigenvalue weighted by atomic mass is 19.4. The number of rotatable bonds is 1. The lowest BCUT2D eigenvalue weighted by Crippen LogP contribution is -2.48. The molecule has 0 aromatic heterocycles. The van der Waals surface area contributed by atoms with Gasteiger partial charge in [0, 0.05) is 12.5 Å². The normalized spacial score (nSPS) is 32.5. The molecule has 1 amide bonds. The van der Waals surface area contributed by atoms with Crippen LogP contribution in [0.5, 0.6) is 0 Å². The molecule has 0 saturated carbocycles. The fraction of sp³-hybridized carbons (Fsp3) is 0.875. The number of amides is 1. The molecule has 0 radical (unpaired) electrons. The molecule has 0 aromatic carbocycles. The molecule has 1 fully saturated rings. The first-order chi connectivity index (χ1) is 6.79. The molecular weight excluding hydrogens is 215 g/mol. The lowest BCUT2D eigenvalue weighted by molar-refractivity contribution is -0.182. The molecule has 1 aliphatic rings. The van der Waals surface area contributed by atoms with Crippen LogP contribution in [-0.4, -0.2) is 35.6 Å². The van der Waals surface area contributed by atoms with Gasteiger partial charge < -0.3 is 15.2 Å². The second-order valence-corrected chi connectivity index (χ2v) is 3.54. The Labute approximate surface area is 84.4 Å². The lowest BCUT2D eigenvalue weighted by Gasteiger charge is -2.31. The quantitative estimate of drug-likeness (QED) is 0.687. The maximum atomic E-state index is 11.9. The van der Waals surface area contributed by atoms with Crippen LogP contribution in [-0.2, 0) is 9.53 Å². The van der Waals surface area contributed by atoms with E-state index < -0.39 is 24.4 Å². The summed E-state index contributed by atoms with van der Waals surface area (Å²) in [5, 5.41) is 10.9. The monoisotopic (exact) mass is 227 g/mol. The van der Waals surface area contributed by atoms with E-state index in [1.165, 1.54) is 0 Å². The summed E-state index contributed by atoms with van der Waals surface area (Å²) in [5.74, 6) is -1.98. The Bertz CT molecular complexity index is 234. The van der Waals surface area contributed by atoms with E-state index in [4.69, 9.17) is 9.84 Å². The predicted molar refractivity (Wildman–Crippen MR) is 43.8 cm³/mol. The average Bonchev–Trinajstić information content (AvgIpc) is 1.99. The van der Waals surface area contributed by atoms with Crippen molar-refractivity contribution in [3.8, 4) is 0 Å². The highest BCUT2D eigenvalue weighted by Crippen LogP contribution is 2.20. The number of ether oxygens (including phenoxy) is 1. The number of nitrogens with one attached hydrogen (secondary N) is 1. The largest absolute Gasteiger partial charge is 0.471 e. The molecule has 15 heavy (non-hydrogen) atoms. The van der Waals surface area contributed by atoms with Crippen molar-refractivity contribution in [3.63, 3.8) is 0 Å². The van der Waals surface area contributed by atoms with Crippen LogP contribution < -0.4 is 5.32 Å². The van der Waals surface area contributed by atoms with Crippen molar-refractivity contribution in [2.24, 2.45) is 0 Å². The highest BCUT2D eigenvalue weighted by Gasteiger charge is 2.40. The number of hydrogen-bond donors (Lipinski definition) is 2. The third-order valence-electron chi connectivity index (χ3n) is 2.08. The molecule has 1 rings (SSSR count). The smallest absolute Gasteiger partial charge is 0.368 e. The van der Waals surface area contributed by atoms with Gasteiger partial charge in [-0.05, 0) is 13.3 Å². The average molecular weight is 227 g/mol. The predicted octanol–water partition coefficient (Wildman–Crippen LogP) is 0.551. The van der Waals surface area contributed by atoms with Crippen LogP contribution in [0.4, 0.5) is 13.2 Å². The molecule has 0 spiro atoms. The molecule has 3 atom stereocenters. The van der Waals surface area contributed by atoms with Crippen molar-refractivity contribution in [1.82, 2.24) is 5.32 Å². The standard InChI is InChI=1S/C8H12F3NO3/c1-4-2-5(3-6(13)15-4)12-7(14)8(9,10)11/h4-6,13H,2-3H2,1H3,(H,12,14)/t4-,5+,6+/m0/s1. The molecule has 1 aliphatic heterocycles. The number of aliphatic hydroxyl groups excluding tert-OH is 1.